The van der Waals surface area contributed by atoms with Crippen LogP contribution in [0.5, 0.6) is 0 Å². The van der Waals surface area contributed by atoms with E-state index in [0.29, 0.717) is 12.1 Å². The fourth-order valence-corrected chi connectivity index (χ4v) is 2.71. The van der Waals surface area contributed by atoms with Gasteiger partial charge in [0.15, 0.2) is 5.78 Å². The van der Waals surface area contributed by atoms with Crippen LogP contribution < -0.4 is 5.32 Å². The van der Waals surface area contributed by atoms with Gasteiger partial charge < -0.3 is 5.32 Å². The number of benzene rings is 1. The molecule has 0 aliphatic carbocycles. The predicted octanol–water partition coefficient (Wildman–Crippen LogP) is 4.81. The van der Waals surface area contributed by atoms with Crippen molar-refractivity contribution < 1.29 is 9.59 Å². The molecule has 0 saturated carbocycles. The number of unbranched alkanes of at least 4 members (excludes halogenated alkanes) is 5. The number of ketones is 1. The molecule has 0 fully saturated rings. The third-order valence-electron chi connectivity index (χ3n) is 4.11. The van der Waals surface area contributed by atoms with Crippen LogP contribution in [-0.2, 0) is 4.79 Å². The van der Waals surface area contributed by atoms with E-state index in [9.17, 15) is 9.59 Å². The van der Waals surface area contributed by atoms with Crippen LogP contribution in [0.15, 0.2) is 29.2 Å². The molecule has 0 spiro atoms. The number of allylic oxidation sites excluding steroid dienone is 1. The Morgan fingerprint density at radius 3 is 2.42 bits per heavy atom. The Balaban J connectivity index is 2.39. The van der Waals surface area contributed by atoms with Crippen molar-refractivity contribution in [2.24, 2.45) is 0 Å². The fourth-order valence-electron chi connectivity index (χ4n) is 2.52. The molecule has 1 N–H and O–H groups in total. The number of hydrogen-bond donors (Lipinski definition) is 2. The molecule has 0 heterocycles. The van der Waals surface area contributed by atoms with E-state index >= 15 is 0 Å². The number of hydrogen-bond acceptors (Lipinski definition) is 3. The van der Waals surface area contributed by atoms with Gasteiger partial charge in [0.1, 0.15) is 0 Å². The van der Waals surface area contributed by atoms with Gasteiger partial charge in [-0.15, -0.1) is 12.6 Å². The van der Waals surface area contributed by atoms with Crippen molar-refractivity contribution in [3.63, 3.8) is 0 Å². The second-order valence-corrected chi connectivity index (χ2v) is 6.61. The zero-order chi connectivity index (χ0) is 17.9. The third-order valence-corrected chi connectivity index (χ3v) is 4.80. The van der Waals surface area contributed by atoms with Crippen LogP contribution in [0.25, 0.3) is 0 Å². The van der Waals surface area contributed by atoms with Crippen molar-refractivity contribution >= 4 is 24.3 Å². The number of nitrogens with one attached hydrogen (secondary N) is 1. The molecule has 0 radical (unpaired) electrons. The maximum Gasteiger partial charge on any atom is 0.244 e. The summed E-state index contributed by atoms with van der Waals surface area (Å²) < 4.78 is 0. The average molecular weight is 348 g/mol. The molecule has 132 valence electrons. The summed E-state index contributed by atoms with van der Waals surface area (Å²) in [6.45, 7) is 6.68. The number of rotatable bonds is 10. The molecule has 0 unspecified atom stereocenters. The molecule has 1 rings (SSSR count). The molecule has 0 saturated heterocycles. The number of carbonyl (C=O) groups is 2. The van der Waals surface area contributed by atoms with E-state index in [2.05, 4.69) is 24.9 Å². The standard InChI is InChI=1S/C20H29NO2S/c1-4-5-6-7-8-9-14-21-19(23)13-12-18(22)17-11-10-15(2)20(24)16(17)3/h10-13,24H,4-9,14H2,1-3H3,(H,21,23). The Hall–Kier alpha value is -1.55. The minimum atomic E-state index is -0.215. The summed E-state index contributed by atoms with van der Waals surface area (Å²) in [6.07, 6.45) is 9.78. The molecule has 24 heavy (non-hydrogen) atoms. The average Bonchev–Trinajstić information content (AvgIpc) is 2.57. The van der Waals surface area contributed by atoms with E-state index in [4.69, 9.17) is 0 Å². The Kier molecular flexibility index (Phi) is 9.46. The van der Waals surface area contributed by atoms with Crippen molar-refractivity contribution in [2.45, 2.75) is 64.2 Å². The van der Waals surface area contributed by atoms with Gasteiger partial charge >= 0.3 is 0 Å². The first-order valence-electron chi connectivity index (χ1n) is 8.76. The first kappa shape index (κ1) is 20.5. The lowest BCUT2D eigenvalue weighted by molar-refractivity contribution is -0.116. The normalized spacial score (nSPS) is 11.0. The van der Waals surface area contributed by atoms with Gasteiger partial charge in [-0.25, -0.2) is 0 Å². The molecule has 1 amide bonds. The van der Waals surface area contributed by atoms with Crippen molar-refractivity contribution in [1.82, 2.24) is 5.32 Å². The number of carbonyl (C=O) groups excluding carboxylic acids is 2. The third kappa shape index (κ3) is 6.91. The van der Waals surface area contributed by atoms with E-state index in [1.54, 1.807) is 6.07 Å². The Morgan fingerprint density at radius 1 is 1.04 bits per heavy atom. The second-order valence-electron chi connectivity index (χ2n) is 6.16. The lowest BCUT2D eigenvalue weighted by Crippen LogP contribution is -2.22. The van der Waals surface area contributed by atoms with Gasteiger partial charge in [-0.3, -0.25) is 9.59 Å². The lowest BCUT2D eigenvalue weighted by atomic mass is 10.0. The minimum Gasteiger partial charge on any atom is -0.353 e. The topological polar surface area (TPSA) is 46.2 Å². The maximum atomic E-state index is 12.2. The Morgan fingerprint density at radius 2 is 1.71 bits per heavy atom. The summed E-state index contributed by atoms with van der Waals surface area (Å²) >= 11 is 4.42. The zero-order valence-corrected chi connectivity index (χ0v) is 15.9. The SMILES string of the molecule is CCCCCCCCNC(=O)C=CC(=O)c1ccc(C)c(S)c1C. The maximum absolute atomic E-state index is 12.2. The zero-order valence-electron chi connectivity index (χ0n) is 15.0. The summed E-state index contributed by atoms with van der Waals surface area (Å²) in [5, 5.41) is 2.82. The Bertz CT molecular complexity index is 594. The highest BCUT2D eigenvalue weighted by Crippen LogP contribution is 2.22. The molecule has 0 bridgehead atoms. The van der Waals surface area contributed by atoms with Crippen LogP contribution in [0.4, 0.5) is 0 Å². The van der Waals surface area contributed by atoms with E-state index < -0.39 is 0 Å². The van der Waals surface area contributed by atoms with Crippen LogP contribution in [0.2, 0.25) is 0 Å². The minimum absolute atomic E-state index is 0.169. The van der Waals surface area contributed by atoms with E-state index in [1.807, 2.05) is 19.9 Å². The number of aryl methyl sites for hydroxylation is 1. The van der Waals surface area contributed by atoms with Crippen molar-refractivity contribution in [3.05, 3.63) is 41.0 Å². The summed E-state index contributed by atoms with van der Waals surface area (Å²) in [7, 11) is 0. The number of thiol groups is 1. The first-order valence-corrected chi connectivity index (χ1v) is 9.21. The summed E-state index contributed by atoms with van der Waals surface area (Å²) in [5.41, 5.74) is 2.47. The molecule has 1 aromatic carbocycles. The van der Waals surface area contributed by atoms with Gasteiger partial charge in [0.25, 0.3) is 0 Å². The van der Waals surface area contributed by atoms with Crippen LogP contribution in [0.1, 0.15) is 66.9 Å². The van der Waals surface area contributed by atoms with E-state index in [-0.39, 0.29) is 11.7 Å². The van der Waals surface area contributed by atoms with Crippen molar-refractivity contribution in [2.75, 3.05) is 6.54 Å². The summed E-state index contributed by atoms with van der Waals surface area (Å²) in [5.74, 6) is -0.384. The highest BCUT2D eigenvalue weighted by atomic mass is 32.1. The summed E-state index contributed by atoms with van der Waals surface area (Å²) in [4.78, 5) is 24.8. The van der Waals surface area contributed by atoms with Gasteiger partial charge in [-0.2, -0.15) is 0 Å². The molecular formula is C20H29NO2S. The molecule has 0 atom stereocenters. The van der Waals surface area contributed by atoms with Crippen LogP contribution >= 0.6 is 12.6 Å². The lowest BCUT2D eigenvalue weighted by Gasteiger charge is -2.07. The van der Waals surface area contributed by atoms with Gasteiger partial charge in [0.05, 0.1) is 0 Å². The van der Waals surface area contributed by atoms with Crippen LogP contribution in [-0.4, -0.2) is 18.2 Å². The Labute approximate surface area is 151 Å². The molecule has 0 aliphatic heterocycles. The van der Waals surface area contributed by atoms with Gasteiger partial charge in [-0.05, 0) is 37.5 Å². The van der Waals surface area contributed by atoms with Gasteiger partial charge in [0.2, 0.25) is 5.91 Å². The summed E-state index contributed by atoms with van der Waals surface area (Å²) in [6, 6.07) is 3.65. The smallest absolute Gasteiger partial charge is 0.244 e. The highest BCUT2D eigenvalue weighted by Gasteiger charge is 2.10. The molecule has 1 aromatic rings. The number of amides is 1. The van der Waals surface area contributed by atoms with E-state index in [0.717, 1.165) is 28.9 Å². The second kappa shape index (κ2) is 11.1. The van der Waals surface area contributed by atoms with Gasteiger partial charge in [0, 0.05) is 23.1 Å². The van der Waals surface area contributed by atoms with Crippen molar-refractivity contribution in [3.8, 4) is 0 Å². The first-order chi connectivity index (χ1) is 11.5. The molecule has 4 heteroatoms. The molecule has 3 nitrogen and oxygen atoms in total. The van der Waals surface area contributed by atoms with E-state index in [1.165, 1.54) is 37.8 Å². The van der Waals surface area contributed by atoms with Gasteiger partial charge in [-0.1, -0.05) is 51.2 Å². The monoisotopic (exact) mass is 347 g/mol. The van der Waals surface area contributed by atoms with Crippen molar-refractivity contribution in [1.29, 1.82) is 0 Å². The molecule has 0 aliphatic rings. The van der Waals surface area contributed by atoms with Crippen LogP contribution in [0, 0.1) is 13.8 Å². The van der Waals surface area contributed by atoms with Crippen LogP contribution in [0.3, 0.4) is 0 Å². The molecule has 0 aromatic heterocycles. The quantitative estimate of drug-likeness (QED) is 0.276. The highest BCUT2D eigenvalue weighted by molar-refractivity contribution is 7.80. The fraction of sp³-hybridized carbons (Fsp3) is 0.500. The molecular weight excluding hydrogens is 318 g/mol. The largest absolute Gasteiger partial charge is 0.353 e. The predicted molar refractivity (Wildman–Crippen MR) is 103 cm³/mol.